The Labute approximate surface area is 144 Å². The van der Waals surface area contributed by atoms with Crippen LogP contribution in [0.25, 0.3) is 0 Å². The Morgan fingerprint density at radius 2 is 2.08 bits per heavy atom. The van der Waals surface area contributed by atoms with Gasteiger partial charge >= 0.3 is 0 Å². The van der Waals surface area contributed by atoms with Crippen molar-refractivity contribution in [3.8, 4) is 0 Å². The van der Waals surface area contributed by atoms with Crippen LogP contribution in [0.4, 0.5) is 16.5 Å². The Morgan fingerprint density at radius 1 is 1.33 bits per heavy atom. The summed E-state index contributed by atoms with van der Waals surface area (Å²) in [6, 6.07) is 7.45. The largest absolute Gasteiger partial charge is 0.370 e. The second kappa shape index (κ2) is 6.20. The van der Waals surface area contributed by atoms with Crippen molar-refractivity contribution < 1.29 is 9.59 Å². The van der Waals surface area contributed by atoms with Crippen LogP contribution in [0.15, 0.2) is 24.3 Å². The molecule has 126 valence electrons. The number of hydrogen-bond acceptors (Lipinski definition) is 6. The van der Waals surface area contributed by atoms with Crippen LogP contribution in [0.2, 0.25) is 0 Å². The Kier molecular flexibility index (Phi) is 4.23. The van der Waals surface area contributed by atoms with E-state index in [-0.39, 0.29) is 18.4 Å². The number of carbonyl (C=O) groups excluding carboxylic acids is 2. The fourth-order valence-corrected chi connectivity index (χ4v) is 3.25. The van der Waals surface area contributed by atoms with Gasteiger partial charge < -0.3 is 5.32 Å². The molecule has 0 unspecified atom stereocenters. The Bertz CT molecular complexity index is 786. The van der Waals surface area contributed by atoms with Crippen LogP contribution in [-0.2, 0) is 16.0 Å². The zero-order chi connectivity index (χ0) is 17.3. The van der Waals surface area contributed by atoms with Gasteiger partial charge in [-0.15, -0.1) is 10.2 Å². The molecule has 2 heterocycles. The third kappa shape index (κ3) is 3.09. The van der Waals surface area contributed by atoms with E-state index in [9.17, 15) is 9.59 Å². The van der Waals surface area contributed by atoms with Gasteiger partial charge in [-0.1, -0.05) is 30.4 Å². The second-order valence-corrected chi connectivity index (χ2v) is 7.12. The van der Waals surface area contributed by atoms with Gasteiger partial charge in [0.2, 0.25) is 11.0 Å². The minimum Gasteiger partial charge on any atom is -0.370 e. The standard InChI is InChI=1S/C16H19N5O2S/c1-4-13-19-20-15(24-13)17-12(22)9-21-11-8-6-5-7-10(11)18-16(2,3)14(21)23/h5-8,18H,4,9H2,1-3H3,(H,17,20,22). The fraction of sp³-hybridized carbons (Fsp3) is 0.375. The van der Waals surface area contributed by atoms with Gasteiger partial charge in [0, 0.05) is 0 Å². The second-order valence-electron chi connectivity index (χ2n) is 6.06. The van der Waals surface area contributed by atoms with E-state index in [1.165, 1.54) is 16.2 Å². The van der Waals surface area contributed by atoms with Gasteiger partial charge in [-0.25, -0.2) is 0 Å². The minimum absolute atomic E-state index is 0.0675. The molecule has 0 aliphatic carbocycles. The van der Waals surface area contributed by atoms with Gasteiger partial charge in [0.05, 0.1) is 11.4 Å². The third-order valence-electron chi connectivity index (χ3n) is 3.74. The van der Waals surface area contributed by atoms with Gasteiger partial charge in [-0.2, -0.15) is 0 Å². The molecular formula is C16H19N5O2S. The zero-order valence-corrected chi connectivity index (χ0v) is 14.6. The highest BCUT2D eigenvalue weighted by Gasteiger charge is 2.39. The van der Waals surface area contributed by atoms with E-state index in [1.54, 1.807) is 13.8 Å². The van der Waals surface area contributed by atoms with Gasteiger partial charge in [-0.3, -0.25) is 19.8 Å². The smallest absolute Gasteiger partial charge is 0.252 e. The van der Waals surface area contributed by atoms with Crippen LogP contribution < -0.4 is 15.5 Å². The van der Waals surface area contributed by atoms with Gasteiger partial charge in [-0.05, 0) is 32.4 Å². The number of para-hydroxylation sites is 2. The summed E-state index contributed by atoms with van der Waals surface area (Å²) in [6.07, 6.45) is 0.769. The van der Waals surface area contributed by atoms with Crippen molar-refractivity contribution in [2.75, 3.05) is 22.1 Å². The van der Waals surface area contributed by atoms with Gasteiger partial charge in [0.1, 0.15) is 17.1 Å². The molecule has 0 spiro atoms. The van der Waals surface area contributed by atoms with Gasteiger partial charge in [0.15, 0.2) is 0 Å². The number of aromatic nitrogens is 2. The SMILES string of the molecule is CCc1nnc(NC(=O)CN2C(=O)C(C)(C)Nc3ccccc32)s1. The number of nitrogens with zero attached hydrogens (tertiary/aromatic N) is 3. The predicted octanol–water partition coefficient (Wildman–Crippen LogP) is 2.28. The van der Waals surface area contributed by atoms with E-state index < -0.39 is 5.54 Å². The van der Waals surface area contributed by atoms with Gasteiger partial charge in [0.25, 0.3) is 5.91 Å². The molecule has 1 aromatic heterocycles. The predicted molar refractivity (Wildman–Crippen MR) is 94.4 cm³/mol. The number of aryl methyl sites for hydroxylation is 1. The molecule has 0 radical (unpaired) electrons. The Hall–Kier alpha value is -2.48. The van der Waals surface area contributed by atoms with Crippen LogP contribution in [0.3, 0.4) is 0 Å². The highest BCUT2D eigenvalue weighted by molar-refractivity contribution is 7.15. The summed E-state index contributed by atoms with van der Waals surface area (Å²) >= 11 is 1.34. The highest BCUT2D eigenvalue weighted by atomic mass is 32.1. The fourth-order valence-electron chi connectivity index (χ4n) is 2.56. The van der Waals surface area contributed by atoms with Crippen LogP contribution in [0, 0.1) is 0 Å². The lowest BCUT2D eigenvalue weighted by atomic mass is 9.98. The Morgan fingerprint density at radius 3 is 2.79 bits per heavy atom. The molecule has 24 heavy (non-hydrogen) atoms. The van der Waals surface area contributed by atoms with Crippen molar-refractivity contribution in [3.63, 3.8) is 0 Å². The first kappa shape index (κ1) is 16.4. The lowest BCUT2D eigenvalue weighted by molar-refractivity contribution is -0.124. The van der Waals surface area contributed by atoms with Crippen molar-refractivity contribution >= 4 is 39.7 Å². The molecule has 8 heteroatoms. The zero-order valence-electron chi connectivity index (χ0n) is 13.8. The molecule has 7 nitrogen and oxygen atoms in total. The highest BCUT2D eigenvalue weighted by Crippen LogP contribution is 2.34. The van der Waals surface area contributed by atoms with E-state index in [2.05, 4.69) is 20.8 Å². The number of hydrogen-bond donors (Lipinski definition) is 2. The van der Waals surface area contributed by atoms with Crippen molar-refractivity contribution in [2.24, 2.45) is 0 Å². The van der Waals surface area contributed by atoms with Crippen molar-refractivity contribution in [3.05, 3.63) is 29.3 Å². The molecule has 0 atom stereocenters. The number of benzene rings is 1. The van der Waals surface area contributed by atoms with Crippen LogP contribution >= 0.6 is 11.3 Å². The summed E-state index contributed by atoms with van der Waals surface area (Å²) < 4.78 is 0. The summed E-state index contributed by atoms with van der Waals surface area (Å²) in [5.74, 6) is -0.447. The van der Waals surface area contributed by atoms with Crippen LogP contribution in [0.5, 0.6) is 0 Å². The number of rotatable bonds is 4. The summed E-state index contributed by atoms with van der Waals surface area (Å²) in [7, 11) is 0. The number of carbonyl (C=O) groups is 2. The maximum atomic E-state index is 12.7. The summed E-state index contributed by atoms with van der Waals surface area (Å²) in [5.41, 5.74) is 0.759. The first-order valence-electron chi connectivity index (χ1n) is 7.72. The molecule has 1 aliphatic rings. The number of anilines is 3. The average molecular weight is 345 g/mol. The van der Waals surface area contributed by atoms with E-state index in [1.807, 2.05) is 31.2 Å². The molecule has 0 bridgehead atoms. The molecule has 0 saturated heterocycles. The molecule has 2 N–H and O–H groups in total. The molecular weight excluding hydrogens is 326 g/mol. The summed E-state index contributed by atoms with van der Waals surface area (Å²) in [6.45, 7) is 5.51. The summed E-state index contributed by atoms with van der Waals surface area (Å²) in [5, 5.41) is 15.1. The molecule has 0 saturated carbocycles. The quantitative estimate of drug-likeness (QED) is 0.888. The monoisotopic (exact) mass is 345 g/mol. The minimum atomic E-state index is -0.771. The number of nitrogens with one attached hydrogen (secondary N) is 2. The first-order chi connectivity index (χ1) is 11.4. The molecule has 1 aromatic carbocycles. The number of amides is 2. The lowest BCUT2D eigenvalue weighted by Crippen LogP contribution is -2.55. The van der Waals surface area contributed by atoms with E-state index in [4.69, 9.17) is 0 Å². The molecule has 1 aliphatic heterocycles. The van der Waals surface area contributed by atoms with Crippen LogP contribution in [-0.4, -0.2) is 34.1 Å². The van der Waals surface area contributed by atoms with E-state index >= 15 is 0 Å². The topological polar surface area (TPSA) is 87.2 Å². The van der Waals surface area contributed by atoms with Crippen LogP contribution in [0.1, 0.15) is 25.8 Å². The first-order valence-corrected chi connectivity index (χ1v) is 8.54. The van der Waals surface area contributed by atoms with Crippen molar-refractivity contribution in [1.29, 1.82) is 0 Å². The molecule has 3 rings (SSSR count). The number of fused-ring (bicyclic) bond motifs is 1. The third-order valence-corrected chi connectivity index (χ3v) is 4.72. The molecule has 2 aromatic rings. The van der Waals surface area contributed by atoms with E-state index in [0.717, 1.165) is 17.1 Å². The lowest BCUT2D eigenvalue weighted by Gasteiger charge is -2.39. The average Bonchev–Trinajstić information content (AvgIpc) is 2.99. The molecule has 0 fully saturated rings. The summed E-state index contributed by atoms with van der Waals surface area (Å²) in [4.78, 5) is 26.6. The Balaban J connectivity index is 1.80. The maximum absolute atomic E-state index is 12.7. The molecule has 2 amide bonds. The van der Waals surface area contributed by atoms with Crippen molar-refractivity contribution in [1.82, 2.24) is 10.2 Å². The van der Waals surface area contributed by atoms with Crippen molar-refractivity contribution in [2.45, 2.75) is 32.7 Å². The van der Waals surface area contributed by atoms with E-state index in [0.29, 0.717) is 10.8 Å². The normalized spacial score (nSPS) is 15.6. The maximum Gasteiger partial charge on any atom is 0.252 e.